The summed E-state index contributed by atoms with van der Waals surface area (Å²) in [6.07, 6.45) is 5.84. The van der Waals surface area contributed by atoms with Gasteiger partial charge in [-0.3, -0.25) is 4.99 Å². The largest absolute Gasteiger partial charge is 0.356 e. The number of benzene rings is 2. The molecule has 2 aromatic carbocycles. The number of fused-ring (bicyclic) bond motifs is 1. The summed E-state index contributed by atoms with van der Waals surface area (Å²) in [5.41, 5.74) is 4.66. The Morgan fingerprint density at radius 3 is 2.61 bits per heavy atom. The third-order valence-electron chi connectivity index (χ3n) is 5.17. The van der Waals surface area contributed by atoms with Gasteiger partial charge in [0.25, 0.3) is 0 Å². The van der Waals surface area contributed by atoms with Crippen molar-refractivity contribution in [2.75, 3.05) is 13.6 Å². The molecule has 0 atom stereocenters. The number of imidazole rings is 1. The number of nitrogens with one attached hydrogen (secondary N) is 2. The van der Waals surface area contributed by atoms with Crippen LogP contribution in [0.25, 0.3) is 11.0 Å². The van der Waals surface area contributed by atoms with E-state index in [4.69, 9.17) is 0 Å². The second-order valence-electron chi connectivity index (χ2n) is 7.35. The fourth-order valence-electron chi connectivity index (χ4n) is 3.42. The average molecular weight is 433 g/mol. The van der Waals surface area contributed by atoms with Crippen LogP contribution in [0.1, 0.15) is 27.9 Å². The van der Waals surface area contributed by atoms with Crippen LogP contribution >= 0.6 is 11.3 Å². The fourth-order valence-corrected chi connectivity index (χ4v) is 4.28. The van der Waals surface area contributed by atoms with Gasteiger partial charge >= 0.3 is 0 Å². The molecule has 0 aliphatic rings. The molecule has 0 bridgehead atoms. The number of nitrogens with zero attached hydrogens (tertiary/aromatic N) is 4. The van der Waals surface area contributed by atoms with Gasteiger partial charge in [0.1, 0.15) is 0 Å². The lowest BCUT2D eigenvalue weighted by atomic mass is 10.1. The highest BCUT2D eigenvalue weighted by Gasteiger charge is 2.04. The van der Waals surface area contributed by atoms with Gasteiger partial charge in [-0.2, -0.15) is 0 Å². The fraction of sp³-hybridized carbons (Fsp3) is 0.292. The maximum absolute atomic E-state index is 4.47. The number of aromatic nitrogens is 3. The van der Waals surface area contributed by atoms with E-state index < -0.39 is 0 Å². The van der Waals surface area contributed by atoms with Crippen molar-refractivity contribution in [2.45, 2.75) is 32.9 Å². The Labute approximate surface area is 187 Å². The summed E-state index contributed by atoms with van der Waals surface area (Å²) in [7, 11) is 1.80. The molecule has 0 unspecified atom stereocenters. The van der Waals surface area contributed by atoms with Gasteiger partial charge in [0, 0.05) is 44.2 Å². The predicted octanol–water partition coefficient (Wildman–Crippen LogP) is 4.01. The van der Waals surface area contributed by atoms with Gasteiger partial charge in [-0.15, -0.1) is 11.3 Å². The Balaban J connectivity index is 1.26. The number of para-hydroxylation sites is 2. The maximum Gasteiger partial charge on any atom is 0.191 e. The topological polar surface area (TPSA) is 67.1 Å². The van der Waals surface area contributed by atoms with Gasteiger partial charge in [0.05, 0.1) is 22.4 Å². The van der Waals surface area contributed by atoms with Crippen LogP contribution in [-0.2, 0) is 25.9 Å². The van der Waals surface area contributed by atoms with Crippen molar-refractivity contribution >= 4 is 28.3 Å². The molecule has 6 nitrogen and oxygen atoms in total. The molecule has 0 saturated carbocycles. The molecule has 0 amide bonds. The van der Waals surface area contributed by atoms with Crippen LogP contribution in [0.5, 0.6) is 0 Å². The molecule has 0 aliphatic heterocycles. The summed E-state index contributed by atoms with van der Waals surface area (Å²) in [5.74, 6) is 0.807. The van der Waals surface area contributed by atoms with Crippen molar-refractivity contribution in [3.63, 3.8) is 0 Å². The molecule has 0 radical (unpaired) electrons. The molecule has 0 aliphatic carbocycles. The summed E-state index contributed by atoms with van der Waals surface area (Å²) < 4.78 is 2.18. The molecular formula is C24H28N6S. The molecule has 0 fully saturated rings. The van der Waals surface area contributed by atoms with Crippen LogP contribution < -0.4 is 10.6 Å². The second-order valence-corrected chi connectivity index (χ2v) is 8.55. The summed E-state index contributed by atoms with van der Waals surface area (Å²) in [6.45, 7) is 4.51. The van der Waals surface area contributed by atoms with Crippen LogP contribution in [0.15, 0.2) is 66.0 Å². The van der Waals surface area contributed by atoms with Crippen molar-refractivity contribution in [3.05, 3.63) is 82.1 Å². The van der Waals surface area contributed by atoms with Gasteiger partial charge in [0.15, 0.2) is 5.96 Å². The number of aryl methyl sites for hydroxylation is 1. The Kier molecular flexibility index (Phi) is 6.94. The van der Waals surface area contributed by atoms with Gasteiger partial charge in [-0.1, -0.05) is 43.3 Å². The smallest absolute Gasteiger partial charge is 0.191 e. The van der Waals surface area contributed by atoms with E-state index in [9.17, 15) is 0 Å². The zero-order chi connectivity index (χ0) is 21.5. The van der Waals surface area contributed by atoms with E-state index in [0.29, 0.717) is 0 Å². The lowest BCUT2D eigenvalue weighted by molar-refractivity contribution is 0.790. The van der Waals surface area contributed by atoms with Crippen molar-refractivity contribution in [2.24, 2.45) is 4.99 Å². The third-order valence-corrected chi connectivity index (χ3v) is 6.37. The Hall–Kier alpha value is -3.19. The Bertz CT molecular complexity index is 1140. The summed E-state index contributed by atoms with van der Waals surface area (Å²) >= 11 is 1.79. The van der Waals surface area contributed by atoms with E-state index in [0.717, 1.165) is 49.5 Å². The number of hydrogen-bond acceptors (Lipinski definition) is 4. The van der Waals surface area contributed by atoms with Crippen LogP contribution in [-0.4, -0.2) is 34.1 Å². The third kappa shape index (κ3) is 5.49. The zero-order valence-corrected chi connectivity index (χ0v) is 18.8. The molecule has 0 saturated heterocycles. The quantitative estimate of drug-likeness (QED) is 0.326. The van der Waals surface area contributed by atoms with Crippen LogP contribution in [0.4, 0.5) is 0 Å². The van der Waals surface area contributed by atoms with E-state index in [1.54, 1.807) is 18.4 Å². The molecule has 2 heterocycles. The monoisotopic (exact) mass is 432 g/mol. The molecule has 4 rings (SSSR count). The van der Waals surface area contributed by atoms with Crippen LogP contribution in [0, 0.1) is 0 Å². The molecule has 2 N–H and O–H groups in total. The molecule has 0 spiro atoms. The summed E-state index contributed by atoms with van der Waals surface area (Å²) in [4.78, 5) is 14.6. The maximum atomic E-state index is 4.47. The van der Waals surface area contributed by atoms with Gasteiger partial charge in [-0.05, 0) is 29.7 Å². The molecular weight excluding hydrogens is 404 g/mol. The minimum absolute atomic E-state index is 0.727. The lowest BCUT2D eigenvalue weighted by Gasteiger charge is -2.12. The first-order valence-electron chi connectivity index (χ1n) is 10.6. The molecule has 160 valence electrons. The van der Waals surface area contributed by atoms with E-state index in [1.165, 1.54) is 21.0 Å². The normalized spacial score (nSPS) is 11.7. The number of aliphatic imine (C=N–C) groups is 1. The summed E-state index contributed by atoms with van der Waals surface area (Å²) in [6, 6.07) is 16.9. The first-order chi connectivity index (χ1) is 15.2. The van der Waals surface area contributed by atoms with E-state index in [1.807, 2.05) is 24.7 Å². The van der Waals surface area contributed by atoms with Gasteiger partial charge < -0.3 is 15.2 Å². The molecule has 2 aromatic heterocycles. The molecule has 31 heavy (non-hydrogen) atoms. The van der Waals surface area contributed by atoms with Crippen molar-refractivity contribution in [3.8, 4) is 0 Å². The Morgan fingerprint density at radius 2 is 1.84 bits per heavy atom. The van der Waals surface area contributed by atoms with Crippen molar-refractivity contribution < 1.29 is 0 Å². The minimum atomic E-state index is 0.727. The average Bonchev–Trinajstić information content (AvgIpc) is 3.44. The standard InChI is InChI=1S/C24H28N6S/c1-3-20-15-27-23(31-20)12-13-26-24(25-2)28-14-18-8-10-19(11-9-18)16-30-17-29-21-6-4-5-7-22(21)30/h4-11,15,17H,3,12-14,16H2,1-2H3,(H2,25,26,28). The van der Waals surface area contributed by atoms with Gasteiger partial charge in [0.2, 0.25) is 0 Å². The zero-order valence-electron chi connectivity index (χ0n) is 18.0. The van der Waals surface area contributed by atoms with E-state index in [2.05, 4.69) is 73.5 Å². The molecule has 4 aromatic rings. The lowest BCUT2D eigenvalue weighted by Crippen LogP contribution is -2.37. The second kappa shape index (κ2) is 10.2. The number of guanidine groups is 1. The highest BCUT2D eigenvalue weighted by atomic mass is 32.1. The highest BCUT2D eigenvalue weighted by molar-refractivity contribution is 7.11. The summed E-state index contributed by atoms with van der Waals surface area (Å²) in [5, 5.41) is 7.92. The highest BCUT2D eigenvalue weighted by Crippen LogP contribution is 2.15. The Morgan fingerprint density at radius 1 is 1.03 bits per heavy atom. The number of thiazole rings is 1. The molecule has 7 heteroatoms. The van der Waals surface area contributed by atoms with Crippen LogP contribution in [0.3, 0.4) is 0 Å². The van der Waals surface area contributed by atoms with Crippen molar-refractivity contribution in [1.29, 1.82) is 0 Å². The number of rotatable bonds is 8. The van der Waals surface area contributed by atoms with Crippen molar-refractivity contribution in [1.82, 2.24) is 25.2 Å². The number of hydrogen-bond donors (Lipinski definition) is 2. The SMILES string of the molecule is CCc1cnc(CCNC(=NC)NCc2ccc(Cn3cnc4ccccc43)cc2)s1. The first kappa shape index (κ1) is 21.1. The van der Waals surface area contributed by atoms with E-state index in [-0.39, 0.29) is 0 Å². The first-order valence-corrected chi connectivity index (χ1v) is 11.4. The minimum Gasteiger partial charge on any atom is -0.356 e. The predicted molar refractivity (Wildman–Crippen MR) is 129 cm³/mol. The van der Waals surface area contributed by atoms with E-state index >= 15 is 0 Å². The van der Waals surface area contributed by atoms with Crippen LogP contribution in [0.2, 0.25) is 0 Å². The van der Waals surface area contributed by atoms with Gasteiger partial charge in [-0.25, -0.2) is 9.97 Å².